The van der Waals surface area contributed by atoms with Crippen LogP contribution in [0.1, 0.15) is 41.9 Å². The Morgan fingerprint density at radius 1 is 1.03 bits per heavy atom. The molecule has 5 rings (SSSR count). The molecule has 1 aromatic heterocycles. The molecule has 2 heterocycles. The quantitative estimate of drug-likeness (QED) is 0.367. The van der Waals surface area contributed by atoms with Crippen molar-refractivity contribution in [3.63, 3.8) is 0 Å². The number of nitrogens with zero attached hydrogens (tertiary/aromatic N) is 3. The summed E-state index contributed by atoms with van der Waals surface area (Å²) in [4.78, 5) is 11.9. The highest BCUT2D eigenvalue weighted by atomic mass is 32.2. The summed E-state index contributed by atoms with van der Waals surface area (Å²) in [5, 5.41) is 3.36. The van der Waals surface area contributed by atoms with Crippen LogP contribution >= 0.6 is 0 Å². The summed E-state index contributed by atoms with van der Waals surface area (Å²) in [7, 11) is -4.54. The van der Waals surface area contributed by atoms with E-state index in [0.29, 0.717) is 12.4 Å². The highest BCUT2D eigenvalue weighted by molar-refractivity contribution is 7.92. The van der Waals surface area contributed by atoms with Crippen LogP contribution in [0.2, 0.25) is 0 Å². The second kappa shape index (κ2) is 10.9. The molecule has 1 aliphatic heterocycles. The van der Waals surface area contributed by atoms with Crippen LogP contribution in [0.15, 0.2) is 54.7 Å². The molecule has 0 saturated carbocycles. The summed E-state index contributed by atoms with van der Waals surface area (Å²) in [5.74, 6) is -1.35. The van der Waals surface area contributed by atoms with E-state index in [2.05, 4.69) is 15.2 Å². The molecule has 11 heteroatoms. The fourth-order valence-corrected chi connectivity index (χ4v) is 6.24. The fourth-order valence-electron chi connectivity index (χ4n) is 5.24. The number of aromatic nitrogens is 2. The minimum atomic E-state index is -4.81. The number of sulfonamides is 1. The topological polar surface area (TPSA) is 87.2 Å². The minimum absolute atomic E-state index is 0.0256. The average molecular weight is 546 g/mol. The summed E-state index contributed by atoms with van der Waals surface area (Å²) in [6, 6.07) is 14.5. The number of halogens is 3. The van der Waals surface area contributed by atoms with Gasteiger partial charge in [-0.05, 0) is 74.1 Å². The molecule has 0 bridgehead atoms. The van der Waals surface area contributed by atoms with Gasteiger partial charge in [-0.15, -0.1) is 0 Å². The van der Waals surface area contributed by atoms with E-state index < -0.39 is 22.0 Å². The highest BCUT2D eigenvalue weighted by Crippen LogP contribution is 2.42. The molecule has 3 aromatic rings. The van der Waals surface area contributed by atoms with Gasteiger partial charge in [0.25, 0.3) is 0 Å². The zero-order chi connectivity index (χ0) is 26.8. The number of anilines is 2. The second-order valence-electron chi connectivity index (χ2n) is 9.84. The van der Waals surface area contributed by atoms with Crippen LogP contribution in [0.25, 0.3) is 11.3 Å². The van der Waals surface area contributed by atoms with Gasteiger partial charge in [0.2, 0.25) is 16.0 Å². The molecule has 7 nitrogen and oxygen atoms in total. The van der Waals surface area contributed by atoms with Crippen molar-refractivity contribution < 1.29 is 21.6 Å². The summed E-state index contributed by atoms with van der Waals surface area (Å²) >= 11 is 0. The van der Waals surface area contributed by atoms with Gasteiger partial charge in [-0.3, -0.25) is 4.72 Å². The number of benzene rings is 2. The maximum Gasteiger partial charge on any atom is 0.404 e. The Morgan fingerprint density at radius 2 is 1.76 bits per heavy atom. The summed E-state index contributed by atoms with van der Waals surface area (Å²) in [6.07, 6.45) is 1.30. The van der Waals surface area contributed by atoms with Crippen LogP contribution in [0, 0.1) is 0 Å². The minimum Gasteiger partial charge on any atom is -0.354 e. The lowest BCUT2D eigenvalue weighted by molar-refractivity contribution is -0.106. The van der Waals surface area contributed by atoms with Crippen LogP contribution < -0.4 is 10.0 Å². The van der Waals surface area contributed by atoms with Crippen molar-refractivity contribution in [2.75, 3.05) is 42.0 Å². The predicted octanol–water partition coefficient (Wildman–Crippen LogP) is 5.03. The molecule has 1 fully saturated rings. The molecule has 1 saturated heterocycles. The van der Waals surface area contributed by atoms with Gasteiger partial charge in [-0.2, -0.15) is 13.2 Å². The van der Waals surface area contributed by atoms with Gasteiger partial charge in [0.05, 0.1) is 5.69 Å². The molecule has 0 amide bonds. The van der Waals surface area contributed by atoms with Gasteiger partial charge in [0.15, 0.2) is 5.75 Å². The number of hydrogen-bond acceptors (Lipinski definition) is 6. The smallest absolute Gasteiger partial charge is 0.354 e. The number of hydrogen-bond donors (Lipinski definition) is 2. The van der Waals surface area contributed by atoms with Crippen LogP contribution in [-0.2, 0) is 16.4 Å². The first-order valence-corrected chi connectivity index (χ1v) is 14.4. The normalized spacial score (nSPS) is 17.6. The number of likely N-dealkylation sites (tertiary alicyclic amines) is 1. The van der Waals surface area contributed by atoms with E-state index in [9.17, 15) is 21.6 Å². The van der Waals surface area contributed by atoms with Crippen LogP contribution in [0.4, 0.5) is 24.8 Å². The maximum atomic E-state index is 12.5. The first-order valence-electron chi connectivity index (χ1n) is 12.8. The van der Waals surface area contributed by atoms with Crippen molar-refractivity contribution in [2.24, 2.45) is 0 Å². The van der Waals surface area contributed by atoms with E-state index in [1.165, 1.54) is 38.1 Å². The first-order chi connectivity index (χ1) is 18.2. The maximum absolute atomic E-state index is 12.5. The van der Waals surface area contributed by atoms with Crippen molar-refractivity contribution in [3.05, 3.63) is 71.4 Å². The molecule has 1 atom stereocenters. The van der Waals surface area contributed by atoms with E-state index >= 15 is 0 Å². The Labute approximate surface area is 220 Å². The van der Waals surface area contributed by atoms with Gasteiger partial charge in [-0.1, -0.05) is 36.4 Å². The molecule has 38 heavy (non-hydrogen) atoms. The van der Waals surface area contributed by atoms with Crippen molar-refractivity contribution in [3.8, 4) is 11.3 Å². The lowest BCUT2D eigenvalue weighted by Gasteiger charge is -2.27. The number of nitrogens with one attached hydrogen (secondary N) is 2. The lowest BCUT2D eigenvalue weighted by Crippen LogP contribution is -2.27. The lowest BCUT2D eigenvalue weighted by atomic mass is 9.78. The van der Waals surface area contributed by atoms with E-state index in [1.54, 1.807) is 12.1 Å². The Kier molecular flexibility index (Phi) is 7.58. The number of fused-ring (bicyclic) bond motifs is 3. The van der Waals surface area contributed by atoms with Gasteiger partial charge in [0, 0.05) is 29.9 Å². The summed E-state index contributed by atoms with van der Waals surface area (Å²) in [5.41, 5.74) is 5.01. The third kappa shape index (κ3) is 6.44. The molecule has 0 spiro atoms. The fraction of sp³-hybridized carbons (Fsp3) is 0.407. The molecule has 1 unspecified atom stereocenters. The van der Waals surface area contributed by atoms with E-state index in [1.807, 2.05) is 35.2 Å². The van der Waals surface area contributed by atoms with E-state index in [4.69, 9.17) is 4.98 Å². The number of rotatable bonds is 9. The Balaban J connectivity index is 1.30. The molecule has 2 aliphatic rings. The third-order valence-electron chi connectivity index (χ3n) is 6.95. The Morgan fingerprint density at radius 3 is 2.50 bits per heavy atom. The molecular formula is C27H30F3N5O2S. The molecule has 2 N–H and O–H groups in total. The van der Waals surface area contributed by atoms with Crippen molar-refractivity contribution in [2.45, 2.75) is 37.8 Å². The molecule has 1 aliphatic carbocycles. The van der Waals surface area contributed by atoms with E-state index in [-0.39, 0.29) is 11.6 Å². The standard InChI is InChI=1S/C27H30F3N5O2S/c28-27(29,30)18-38(36,37)34-21-10-8-19(9-11-21)24-16-20-17-32-26(31-12-5-15-35-13-3-4-14-35)33-25(20)23-7-2-1-6-22(23)24/h1-2,6-11,17,24,34H,3-5,12-16,18H2,(H,31,32,33). The highest BCUT2D eigenvalue weighted by Gasteiger charge is 2.35. The second-order valence-corrected chi connectivity index (χ2v) is 11.6. The van der Waals surface area contributed by atoms with Crippen molar-refractivity contribution in [1.29, 1.82) is 0 Å². The van der Waals surface area contributed by atoms with Gasteiger partial charge in [-0.25, -0.2) is 18.4 Å². The SMILES string of the molecule is O=S(=O)(CC(F)(F)F)Nc1ccc(C2Cc3cnc(NCCCN4CCCC4)nc3-c3ccccc32)cc1. The van der Waals surface area contributed by atoms with E-state index in [0.717, 1.165) is 47.5 Å². The summed E-state index contributed by atoms with van der Waals surface area (Å²) in [6.45, 7) is 4.25. The summed E-state index contributed by atoms with van der Waals surface area (Å²) < 4.78 is 63.3. The zero-order valence-corrected chi connectivity index (χ0v) is 21.7. The van der Waals surface area contributed by atoms with Crippen LogP contribution in [0.5, 0.6) is 0 Å². The number of alkyl halides is 3. The Bertz CT molecular complexity index is 1370. The molecular weight excluding hydrogens is 515 g/mol. The molecule has 2 aromatic carbocycles. The van der Waals surface area contributed by atoms with Gasteiger partial charge < -0.3 is 10.2 Å². The van der Waals surface area contributed by atoms with Crippen molar-refractivity contribution >= 4 is 21.7 Å². The van der Waals surface area contributed by atoms with Gasteiger partial charge in [0.1, 0.15) is 0 Å². The van der Waals surface area contributed by atoms with Crippen molar-refractivity contribution in [1.82, 2.24) is 14.9 Å². The predicted molar refractivity (Wildman–Crippen MR) is 142 cm³/mol. The first kappa shape index (κ1) is 26.4. The largest absolute Gasteiger partial charge is 0.404 e. The zero-order valence-electron chi connectivity index (χ0n) is 20.8. The molecule has 202 valence electrons. The Hall–Kier alpha value is -3.18. The van der Waals surface area contributed by atoms with Crippen LogP contribution in [-0.4, -0.2) is 61.4 Å². The third-order valence-corrected chi connectivity index (χ3v) is 8.21. The van der Waals surface area contributed by atoms with Gasteiger partial charge >= 0.3 is 6.18 Å². The van der Waals surface area contributed by atoms with Crippen LogP contribution in [0.3, 0.4) is 0 Å². The average Bonchev–Trinajstić information content (AvgIpc) is 3.39. The monoisotopic (exact) mass is 545 g/mol. The molecule has 0 radical (unpaired) electrons.